The summed E-state index contributed by atoms with van der Waals surface area (Å²) in [6.07, 6.45) is -0.0304. The SMILES string of the molecule is CN=C(NCc1cc(C#N)ccc1F)N1CCOC(c2ccccc2C)C1. The minimum atomic E-state index is -0.336. The van der Waals surface area contributed by atoms with E-state index in [2.05, 4.69) is 34.3 Å². The van der Waals surface area contributed by atoms with Crippen LogP contribution in [0.25, 0.3) is 0 Å². The van der Waals surface area contributed by atoms with Gasteiger partial charge in [0.15, 0.2) is 5.96 Å². The molecule has 140 valence electrons. The molecule has 27 heavy (non-hydrogen) atoms. The highest BCUT2D eigenvalue weighted by atomic mass is 19.1. The lowest BCUT2D eigenvalue weighted by atomic mass is 10.0. The number of halogens is 1. The zero-order valence-electron chi connectivity index (χ0n) is 15.6. The Balaban J connectivity index is 1.69. The third-order valence-electron chi connectivity index (χ3n) is 4.72. The van der Waals surface area contributed by atoms with Gasteiger partial charge in [-0.15, -0.1) is 0 Å². The lowest BCUT2D eigenvalue weighted by molar-refractivity contribution is -0.00834. The Morgan fingerprint density at radius 1 is 1.37 bits per heavy atom. The number of aryl methyl sites for hydroxylation is 1. The zero-order chi connectivity index (χ0) is 19.2. The van der Waals surface area contributed by atoms with Crippen LogP contribution < -0.4 is 5.32 Å². The first-order valence-corrected chi connectivity index (χ1v) is 8.93. The van der Waals surface area contributed by atoms with E-state index in [9.17, 15) is 4.39 Å². The second kappa shape index (κ2) is 8.65. The monoisotopic (exact) mass is 366 g/mol. The Morgan fingerprint density at radius 2 is 2.19 bits per heavy atom. The molecule has 1 atom stereocenters. The van der Waals surface area contributed by atoms with E-state index in [0.29, 0.717) is 36.8 Å². The number of morpholine rings is 1. The van der Waals surface area contributed by atoms with Gasteiger partial charge in [0.1, 0.15) is 11.9 Å². The number of benzene rings is 2. The van der Waals surface area contributed by atoms with Crippen LogP contribution in [0, 0.1) is 24.1 Å². The minimum Gasteiger partial charge on any atom is -0.370 e. The van der Waals surface area contributed by atoms with E-state index in [1.165, 1.54) is 23.3 Å². The first-order chi connectivity index (χ1) is 13.1. The second-order valence-corrected chi connectivity index (χ2v) is 6.48. The molecule has 0 aromatic heterocycles. The normalized spacial score (nSPS) is 17.5. The number of ether oxygens (including phenoxy) is 1. The number of rotatable bonds is 3. The molecule has 0 bridgehead atoms. The maximum Gasteiger partial charge on any atom is 0.194 e. The van der Waals surface area contributed by atoms with Gasteiger partial charge in [0.2, 0.25) is 0 Å². The van der Waals surface area contributed by atoms with E-state index in [0.717, 1.165) is 0 Å². The Kier molecular flexibility index (Phi) is 6.05. The van der Waals surface area contributed by atoms with E-state index in [1.807, 2.05) is 18.2 Å². The molecule has 1 aliphatic rings. The summed E-state index contributed by atoms with van der Waals surface area (Å²) >= 11 is 0. The van der Waals surface area contributed by atoms with Gasteiger partial charge in [-0.25, -0.2) is 4.39 Å². The Morgan fingerprint density at radius 3 is 2.93 bits per heavy atom. The number of aliphatic imine (C=N–C) groups is 1. The maximum absolute atomic E-state index is 14.0. The Bertz CT molecular complexity index is 875. The van der Waals surface area contributed by atoms with Crippen LogP contribution in [0.3, 0.4) is 0 Å². The van der Waals surface area contributed by atoms with E-state index >= 15 is 0 Å². The van der Waals surface area contributed by atoms with Crippen molar-refractivity contribution in [2.75, 3.05) is 26.7 Å². The fourth-order valence-electron chi connectivity index (χ4n) is 3.26. The summed E-state index contributed by atoms with van der Waals surface area (Å²) < 4.78 is 20.0. The first-order valence-electron chi connectivity index (χ1n) is 8.93. The smallest absolute Gasteiger partial charge is 0.194 e. The molecule has 3 rings (SSSR count). The standard InChI is InChI=1S/C21H23FN4O/c1-15-5-3-4-6-18(15)20-14-26(9-10-27-20)21(24-2)25-13-17-11-16(12-23)7-8-19(17)22/h3-8,11,20H,9-10,13-14H2,1-2H3,(H,24,25). The van der Waals surface area contributed by atoms with E-state index in [1.54, 1.807) is 13.1 Å². The Hall–Kier alpha value is -2.91. The van der Waals surface area contributed by atoms with Crippen molar-refractivity contribution in [2.45, 2.75) is 19.6 Å². The number of guanidine groups is 1. The molecule has 1 heterocycles. The molecule has 5 nitrogen and oxygen atoms in total. The van der Waals surface area contributed by atoms with Crippen LogP contribution >= 0.6 is 0 Å². The number of nitrogens with zero attached hydrogens (tertiary/aromatic N) is 3. The predicted molar refractivity (Wildman–Crippen MR) is 103 cm³/mol. The zero-order valence-corrected chi connectivity index (χ0v) is 15.6. The molecule has 1 saturated heterocycles. The van der Waals surface area contributed by atoms with Gasteiger partial charge in [0.25, 0.3) is 0 Å². The molecule has 6 heteroatoms. The van der Waals surface area contributed by atoms with Crippen molar-refractivity contribution in [3.63, 3.8) is 0 Å². The highest BCUT2D eigenvalue weighted by Gasteiger charge is 2.25. The van der Waals surface area contributed by atoms with Gasteiger partial charge in [0.05, 0.1) is 24.8 Å². The van der Waals surface area contributed by atoms with Crippen molar-refractivity contribution in [1.29, 1.82) is 5.26 Å². The molecule has 0 spiro atoms. The largest absolute Gasteiger partial charge is 0.370 e. The summed E-state index contributed by atoms with van der Waals surface area (Å²) in [5, 5.41) is 12.2. The maximum atomic E-state index is 14.0. The highest BCUT2D eigenvalue weighted by Crippen LogP contribution is 2.25. The summed E-state index contributed by atoms with van der Waals surface area (Å²) in [6.45, 7) is 4.32. The summed E-state index contributed by atoms with van der Waals surface area (Å²) in [6, 6.07) is 14.6. The quantitative estimate of drug-likeness (QED) is 0.670. The molecule has 1 fully saturated rings. The van der Waals surface area contributed by atoms with Crippen molar-refractivity contribution in [3.8, 4) is 6.07 Å². The molecule has 1 unspecified atom stereocenters. The van der Waals surface area contributed by atoms with Gasteiger partial charge in [-0.2, -0.15) is 5.26 Å². The van der Waals surface area contributed by atoms with E-state index in [4.69, 9.17) is 10.00 Å². The van der Waals surface area contributed by atoms with Crippen molar-refractivity contribution in [3.05, 3.63) is 70.5 Å². The van der Waals surface area contributed by atoms with E-state index in [-0.39, 0.29) is 18.5 Å². The van der Waals surface area contributed by atoms with Crippen LogP contribution in [-0.2, 0) is 11.3 Å². The lowest BCUT2D eigenvalue weighted by Gasteiger charge is -2.35. The number of nitriles is 1. The summed E-state index contributed by atoms with van der Waals surface area (Å²) in [5.74, 6) is 0.357. The van der Waals surface area contributed by atoms with Gasteiger partial charge in [0, 0.05) is 25.7 Å². The number of hydrogen-bond donors (Lipinski definition) is 1. The molecule has 1 N–H and O–H groups in total. The van der Waals surface area contributed by atoms with Gasteiger partial charge in [-0.05, 0) is 36.2 Å². The van der Waals surface area contributed by atoms with Crippen molar-refractivity contribution >= 4 is 5.96 Å². The first kappa shape index (κ1) is 18.9. The predicted octanol–water partition coefficient (Wildman–Crippen LogP) is 3.15. The van der Waals surface area contributed by atoms with Crippen molar-refractivity contribution in [2.24, 2.45) is 4.99 Å². The van der Waals surface area contributed by atoms with Gasteiger partial charge >= 0.3 is 0 Å². The van der Waals surface area contributed by atoms with Crippen LogP contribution in [0.1, 0.15) is 28.4 Å². The average Bonchev–Trinajstić information content (AvgIpc) is 2.70. The van der Waals surface area contributed by atoms with Crippen LogP contribution in [0.4, 0.5) is 4.39 Å². The van der Waals surface area contributed by atoms with Crippen LogP contribution in [0.15, 0.2) is 47.5 Å². The minimum absolute atomic E-state index is 0.0304. The van der Waals surface area contributed by atoms with Crippen LogP contribution in [0.5, 0.6) is 0 Å². The third kappa shape index (κ3) is 4.44. The molecule has 0 saturated carbocycles. The van der Waals surface area contributed by atoms with E-state index < -0.39 is 0 Å². The number of nitrogens with one attached hydrogen (secondary N) is 1. The van der Waals surface area contributed by atoms with Gasteiger partial charge in [-0.3, -0.25) is 4.99 Å². The average molecular weight is 366 g/mol. The Labute approximate surface area is 159 Å². The highest BCUT2D eigenvalue weighted by molar-refractivity contribution is 5.80. The topological polar surface area (TPSA) is 60.7 Å². The van der Waals surface area contributed by atoms with Crippen LogP contribution in [0.2, 0.25) is 0 Å². The van der Waals surface area contributed by atoms with Crippen LogP contribution in [-0.4, -0.2) is 37.6 Å². The molecular formula is C21H23FN4O. The third-order valence-corrected chi connectivity index (χ3v) is 4.72. The lowest BCUT2D eigenvalue weighted by Crippen LogP contribution is -2.48. The van der Waals surface area contributed by atoms with Gasteiger partial charge in [-0.1, -0.05) is 24.3 Å². The summed E-state index contributed by atoms with van der Waals surface area (Å²) in [7, 11) is 1.71. The molecule has 0 aliphatic carbocycles. The molecule has 0 amide bonds. The molecule has 2 aromatic rings. The van der Waals surface area contributed by atoms with Gasteiger partial charge < -0.3 is 15.0 Å². The van der Waals surface area contributed by atoms with Crippen molar-refractivity contribution in [1.82, 2.24) is 10.2 Å². The molecular weight excluding hydrogens is 343 g/mol. The molecule has 1 aliphatic heterocycles. The summed E-state index contributed by atoms with van der Waals surface area (Å²) in [4.78, 5) is 6.46. The molecule has 2 aromatic carbocycles. The molecule has 0 radical (unpaired) electrons. The van der Waals surface area contributed by atoms with Crippen molar-refractivity contribution < 1.29 is 9.13 Å². The summed E-state index contributed by atoms with van der Waals surface area (Å²) in [5.41, 5.74) is 3.25. The fraction of sp³-hybridized carbons (Fsp3) is 0.333. The number of hydrogen-bond acceptors (Lipinski definition) is 3. The fourth-order valence-corrected chi connectivity index (χ4v) is 3.26. The second-order valence-electron chi connectivity index (χ2n) is 6.48.